The van der Waals surface area contributed by atoms with Gasteiger partial charge in [-0.3, -0.25) is 9.59 Å². The van der Waals surface area contributed by atoms with Crippen molar-refractivity contribution in [1.29, 1.82) is 0 Å². The van der Waals surface area contributed by atoms with Crippen molar-refractivity contribution >= 4 is 28.1 Å². The average molecular weight is 434 g/mol. The summed E-state index contributed by atoms with van der Waals surface area (Å²) in [5.74, 6) is 3.00. The van der Waals surface area contributed by atoms with E-state index >= 15 is 0 Å². The minimum Gasteiger partial charge on any atom is -0.330 e. The highest BCUT2D eigenvalue weighted by atomic mass is 32.1. The molecule has 160 valence electrons. The van der Waals surface area contributed by atoms with Gasteiger partial charge in [0.25, 0.3) is 5.56 Å². The normalized spacial score (nSPS) is 28.8. The molecule has 0 spiro atoms. The Bertz CT molecular complexity index is 1150. The number of hydrogen-bond acceptors (Lipinski definition) is 4. The van der Waals surface area contributed by atoms with Crippen LogP contribution >= 0.6 is 11.3 Å². The standard InChI is InChI=1S/C25H27N3O2S/c29-23-20-5-1-2-6-21(20)26-22(27-23)15-28(14-19-4-3-7-31-19)24(30)25-11-16-8-17(12-25)10-18(9-16)13-25/h1-7,16-18H,8-15H2,(H,26,27,29). The Morgan fingerprint density at radius 1 is 1.03 bits per heavy atom. The van der Waals surface area contributed by atoms with Crippen LogP contribution in [0.2, 0.25) is 0 Å². The van der Waals surface area contributed by atoms with Crippen LogP contribution in [-0.2, 0) is 17.9 Å². The molecule has 1 N–H and O–H groups in total. The van der Waals surface area contributed by atoms with Gasteiger partial charge >= 0.3 is 0 Å². The lowest BCUT2D eigenvalue weighted by atomic mass is 9.49. The van der Waals surface area contributed by atoms with E-state index in [2.05, 4.69) is 21.4 Å². The van der Waals surface area contributed by atoms with Crippen LogP contribution in [-0.4, -0.2) is 20.8 Å². The van der Waals surface area contributed by atoms with Crippen LogP contribution in [0.4, 0.5) is 0 Å². The maximum atomic E-state index is 14.1. The molecule has 0 saturated heterocycles. The van der Waals surface area contributed by atoms with E-state index in [4.69, 9.17) is 0 Å². The molecule has 6 heteroatoms. The zero-order chi connectivity index (χ0) is 21.0. The summed E-state index contributed by atoms with van der Waals surface area (Å²) in [7, 11) is 0. The quantitative estimate of drug-likeness (QED) is 0.633. The van der Waals surface area contributed by atoms with E-state index in [1.54, 1.807) is 17.4 Å². The summed E-state index contributed by atoms with van der Waals surface area (Å²) in [6.45, 7) is 0.924. The third-order valence-corrected chi connectivity index (χ3v) is 8.57. The van der Waals surface area contributed by atoms with Crippen molar-refractivity contribution in [2.45, 2.75) is 51.6 Å². The molecule has 4 saturated carbocycles. The molecule has 2 heterocycles. The summed E-state index contributed by atoms with van der Waals surface area (Å²) >= 11 is 1.68. The number of nitrogens with one attached hydrogen (secondary N) is 1. The van der Waals surface area contributed by atoms with Gasteiger partial charge in [0, 0.05) is 4.88 Å². The highest BCUT2D eigenvalue weighted by molar-refractivity contribution is 7.09. The first-order valence-electron chi connectivity index (χ1n) is 11.4. The number of carbonyl (C=O) groups is 1. The molecule has 0 unspecified atom stereocenters. The van der Waals surface area contributed by atoms with E-state index in [0.717, 1.165) is 37.0 Å². The SMILES string of the molecule is O=C(N(Cc1nc2ccccc2c(=O)[nH]1)Cc1cccs1)C12CC3CC(CC(C3)C1)C2. The fraction of sp³-hybridized carbons (Fsp3) is 0.480. The third-order valence-electron chi connectivity index (χ3n) is 7.71. The molecule has 4 aliphatic rings. The largest absolute Gasteiger partial charge is 0.330 e. The van der Waals surface area contributed by atoms with E-state index in [1.165, 1.54) is 24.1 Å². The first-order valence-corrected chi connectivity index (χ1v) is 12.3. The molecule has 3 aromatic rings. The first-order chi connectivity index (χ1) is 15.1. The molecule has 1 aromatic carbocycles. The molecule has 4 bridgehead atoms. The van der Waals surface area contributed by atoms with Crippen molar-refractivity contribution in [2.24, 2.45) is 23.2 Å². The van der Waals surface area contributed by atoms with Crippen molar-refractivity contribution in [3.8, 4) is 0 Å². The Balaban J connectivity index is 1.34. The summed E-state index contributed by atoms with van der Waals surface area (Å²) in [6.07, 6.45) is 7.08. The van der Waals surface area contributed by atoms with Gasteiger partial charge in [-0.1, -0.05) is 18.2 Å². The molecule has 1 amide bonds. The van der Waals surface area contributed by atoms with Gasteiger partial charge in [0.05, 0.1) is 29.4 Å². The first kappa shape index (κ1) is 19.2. The van der Waals surface area contributed by atoms with E-state index in [1.807, 2.05) is 29.2 Å². The van der Waals surface area contributed by atoms with Crippen molar-refractivity contribution in [3.63, 3.8) is 0 Å². The molecule has 2 aromatic heterocycles. The topological polar surface area (TPSA) is 66.1 Å². The number of H-pyrrole nitrogens is 1. The van der Waals surface area contributed by atoms with Crippen molar-refractivity contribution in [3.05, 3.63) is 62.8 Å². The van der Waals surface area contributed by atoms with Gasteiger partial charge < -0.3 is 9.88 Å². The lowest BCUT2D eigenvalue weighted by molar-refractivity contribution is -0.159. The smallest absolute Gasteiger partial charge is 0.258 e. The molecule has 31 heavy (non-hydrogen) atoms. The maximum absolute atomic E-state index is 14.1. The number of para-hydroxylation sites is 1. The van der Waals surface area contributed by atoms with Gasteiger partial charge in [-0.25, -0.2) is 4.98 Å². The van der Waals surface area contributed by atoms with Gasteiger partial charge in [0.1, 0.15) is 5.82 Å². The Morgan fingerprint density at radius 3 is 2.42 bits per heavy atom. The minimum absolute atomic E-state index is 0.140. The number of aromatic nitrogens is 2. The fourth-order valence-electron chi connectivity index (χ4n) is 6.89. The van der Waals surface area contributed by atoms with Crippen molar-refractivity contribution in [1.82, 2.24) is 14.9 Å². The lowest BCUT2D eigenvalue weighted by Gasteiger charge is -2.56. The molecule has 4 fully saturated rings. The molecule has 0 atom stereocenters. The van der Waals surface area contributed by atoms with Crippen LogP contribution in [0.15, 0.2) is 46.6 Å². The van der Waals surface area contributed by atoms with Crippen LogP contribution in [0.3, 0.4) is 0 Å². The summed E-state index contributed by atoms with van der Waals surface area (Å²) in [5, 5.41) is 2.64. The second kappa shape index (κ2) is 7.30. The van der Waals surface area contributed by atoms with Crippen LogP contribution in [0.5, 0.6) is 0 Å². The Labute approximate surface area is 185 Å². The molecular formula is C25H27N3O2S. The Kier molecular flexibility index (Phi) is 4.53. The molecule has 0 radical (unpaired) electrons. The van der Waals surface area contributed by atoms with E-state index in [9.17, 15) is 9.59 Å². The second-order valence-electron chi connectivity index (χ2n) is 9.97. The molecule has 0 aliphatic heterocycles. The maximum Gasteiger partial charge on any atom is 0.258 e. The number of fused-ring (bicyclic) bond motifs is 1. The molecule has 7 rings (SSSR count). The molecular weight excluding hydrogens is 406 g/mol. The predicted octanol–water partition coefficient (Wildman–Crippen LogP) is 4.73. The van der Waals surface area contributed by atoms with Gasteiger partial charge in [0.2, 0.25) is 5.91 Å². The third kappa shape index (κ3) is 3.41. The number of rotatable bonds is 5. The average Bonchev–Trinajstić information content (AvgIpc) is 3.25. The van der Waals surface area contributed by atoms with Gasteiger partial charge in [-0.15, -0.1) is 11.3 Å². The van der Waals surface area contributed by atoms with Crippen LogP contribution < -0.4 is 5.56 Å². The zero-order valence-corrected chi connectivity index (χ0v) is 18.4. The summed E-state index contributed by atoms with van der Waals surface area (Å²) < 4.78 is 0. The second-order valence-corrected chi connectivity index (χ2v) is 11.0. The van der Waals surface area contributed by atoms with Gasteiger partial charge in [-0.05, 0) is 79.9 Å². The highest BCUT2D eigenvalue weighted by Crippen LogP contribution is 2.60. The van der Waals surface area contributed by atoms with Crippen LogP contribution in [0.1, 0.15) is 49.2 Å². The Hall–Kier alpha value is -2.47. The summed E-state index contributed by atoms with van der Waals surface area (Å²) in [5.41, 5.74) is 0.335. The summed E-state index contributed by atoms with van der Waals surface area (Å²) in [6, 6.07) is 11.5. The van der Waals surface area contributed by atoms with Gasteiger partial charge in [-0.2, -0.15) is 0 Å². The highest BCUT2D eigenvalue weighted by Gasteiger charge is 2.55. The van der Waals surface area contributed by atoms with E-state index in [-0.39, 0.29) is 16.9 Å². The lowest BCUT2D eigenvalue weighted by Crippen LogP contribution is -2.54. The predicted molar refractivity (Wildman–Crippen MR) is 122 cm³/mol. The number of hydrogen-bond donors (Lipinski definition) is 1. The number of nitrogens with zero attached hydrogens (tertiary/aromatic N) is 2. The van der Waals surface area contributed by atoms with Gasteiger partial charge in [0.15, 0.2) is 0 Å². The van der Waals surface area contributed by atoms with Crippen molar-refractivity contribution in [2.75, 3.05) is 0 Å². The molecule has 4 aliphatic carbocycles. The zero-order valence-electron chi connectivity index (χ0n) is 17.5. The number of thiophene rings is 1. The number of aromatic amines is 1. The number of amides is 1. The minimum atomic E-state index is -0.205. The van der Waals surface area contributed by atoms with Crippen molar-refractivity contribution < 1.29 is 4.79 Å². The monoisotopic (exact) mass is 433 g/mol. The Morgan fingerprint density at radius 2 is 1.74 bits per heavy atom. The molecule has 5 nitrogen and oxygen atoms in total. The van der Waals surface area contributed by atoms with E-state index in [0.29, 0.717) is 29.8 Å². The number of benzene rings is 1. The fourth-order valence-corrected chi connectivity index (χ4v) is 7.61. The summed E-state index contributed by atoms with van der Waals surface area (Å²) in [4.78, 5) is 37.4. The van der Waals surface area contributed by atoms with E-state index < -0.39 is 0 Å². The van der Waals surface area contributed by atoms with Crippen LogP contribution in [0.25, 0.3) is 10.9 Å². The number of carbonyl (C=O) groups excluding carboxylic acids is 1. The van der Waals surface area contributed by atoms with Crippen LogP contribution in [0, 0.1) is 23.2 Å².